The molecule has 0 radical (unpaired) electrons. The molecule has 0 atom stereocenters. The van der Waals surface area contributed by atoms with Crippen molar-refractivity contribution in [1.82, 2.24) is 0 Å². The predicted octanol–water partition coefficient (Wildman–Crippen LogP) is 1.92. The van der Waals surface area contributed by atoms with Crippen molar-refractivity contribution in [2.75, 3.05) is 0 Å². The van der Waals surface area contributed by atoms with Gasteiger partial charge < -0.3 is 0 Å². The fourth-order valence-corrected chi connectivity index (χ4v) is 2.84. The lowest BCUT2D eigenvalue weighted by Crippen LogP contribution is -1.98. The molecule has 0 N–H and O–H groups in total. The van der Waals surface area contributed by atoms with Gasteiger partial charge in [0.05, 0.1) is 0 Å². The normalized spacial score (nSPS) is 16.7. The first-order valence-corrected chi connectivity index (χ1v) is 5.29. The average Bonchev–Trinajstić information content (AvgIpc) is 2.15. The zero-order valence-electron chi connectivity index (χ0n) is 5.96. The maximum Gasteiger partial charge on any atom is 0.109 e. The zero-order valence-corrected chi connectivity index (χ0v) is 7.12. The summed E-state index contributed by atoms with van der Waals surface area (Å²) >= 11 is 0. The summed E-state index contributed by atoms with van der Waals surface area (Å²) in [6.45, 7) is 4.32. The van der Waals surface area contributed by atoms with Crippen LogP contribution in [0.3, 0.4) is 0 Å². The van der Waals surface area contributed by atoms with Gasteiger partial charge in [0.1, 0.15) is 8.80 Å². The van der Waals surface area contributed by atoms with E-state index in [2.05, 4.69) is 43.1 Å². The van der Waals surface area contributed by atoms with E-state index in [1.165, 1.54) is 5.57 Å². The first-order valence-electron chi connectivity index (χ1n) is 3.29. The minimum Gasteiger partial charge on any atom is -0.0911 e. The van der Waals surface area contributed by atoms with E-state index in [1.54, 1.807) is 0 Å². The molecule has 0 unspecified atom stereocenters. The second-order valence-electron chi connectivity index (χ2n) is 2.59. The van der Waals surface area contributed by atoms with Crippen LogP contribution < -0.4 is 0 Å². The van der Waals surface area contributed by atoms with Crippen LogP contribution >= 0.6 is 0 Å². The van der Waals surface area contributed by atoms with Gasteiger partial charge >= 0.3 is 0 Å². The fourth-order valence-electron chi connectivity index (χ4n) is 0.945. The lowest BCUT2D eigenvalue weighted by atomic mass is 10.4. The number of hydrogen-bond acceptors (Lipinski definition) is 0. The first kappa shape index (κ1) is 6.56. The van der Waals surface area contributed by atoms with Crippen LogP contribution in [0.1, 0.15) is 13.8 Å². The molecule has 0 aromatic heterocycles. The zero-order chi connectivity index (χ0) is 6.69. The van der Waals surface area contributed by atoms with Crippen molar-refractivity contribution >= 4 is 8.80 Å². The molecule has 9 heavy (non-hydrogen) atoms. The van der Waals surface area contributed by atoms with Gasteiger partial charge in [0.2, 0.25) is 0 Å². The van der Waals surface area contributed by atoms with Crippen LogP contribution in [-0.2, 0) is 0 Å². The van der Waals surface area contributed by atoms with Gasteiger partial charge in [-0.1, -0.05) is 34.8 Å². The number of hydrogen-bond donors (Lipinski definition) is 0. The second-order valence-corrected chi connectivity index (χ2v) is 4.85. The van der Waals surface area contributed by atoms with Crippen LogP contribution in [0.4, 0.5) is 0 Å². The summed E-state index contributed by atoms with van der Waals surface area (Å²) in [7, 11) is -0.662. The highest BCUT2D eigenvalue weighted by molar-refractivity contribution is 6.75. The lowest BCUT2D eigenvalue weighted by Gasteiger charge is -1.93. The molecule has 0 saturated heterocycles. The molecule has 0 spiro atoms. The van der Waals surface area contributed by atoms with Crippen LogP contribution in [-0.4, -0.2) is 8.80 Å². The van der Waals surface area contributed by atoms with Crippen molar-refractivity contribution in [2.24, 2.45) is 0 Å². The molecule has 0 aromatic carbocycles. The van der Waals surface area contributed by atoms with Gasteiger partial charge in [0, 0.05) is 0 Å². The number of allylic oxidation sites excluding steroid dienone is 3. The number of rotatable bonds is 1. The van der Waals surface area contributed by atoms with Crippen molar-refractivity contribution in [2.45, 2.75) is 13.8 Å². The molecule has 48 valence electrons. The summed E-state index contributed by atoms with van der Waals surface area (Å²) in [4.78, 5) is 0. The predicted molar refractivity (Wildman–Crippen MR) is 44.9 cm³/mol. The Morgan fingerprint density at radius 2 is 1.78 bits per heavy atom. The Hall–Kier alpha value is -0.563. The largest absolute Gasteiger partial charge is 0.109 e. The van der Waals surface area contributed by atoms with E-state index in [-0.39, 0.29) is 0 Å². The molecule has 1 heteroatoms. The molecule has 0 bridgehead atoms. The van der Waals surface area contributed by atoms with E-state index >= 15 is 0 Å². The van der Waals surface area contributed by atoms with Crippen LogP contribution in [0, 0.1) is 0 Å². The Bertz CT molecular complexity index is 159. The van der Waals surface area contributed by atoms with E-state index in [4.69, 9.17) is 0 Å². The van der Waals surface area contributed by atoms with Crippen molar-refractivity contribution in [1.29, 1.82) is 0 Å². The van der Waals surface area contributed by atoms with Gasteiger partial charge in [-0.05, 0) is 13.8 Å². The molecule has 1 heterocycles. The van der Waals surface area contributed by atoms with Crippen LogP contribution in [0.15, 0.2) is 34.8 Å². The summed E-state index contributed by atoms with van der Waals surface area (Å²) < 4.78 is 0. The summed E-state index contributed by atoms with van der Waals surface area (Å²) in [6, 6.07) is 0. The average molecular weight is 136 g/mol. The van der Waals surface area contributed by atoms with Gasteiger partial charge in [-0.2, -0.15) is 0 Å². The molecule has 0 saturated carbocycles. The Morgan fingerprint density at radius 1 is 1.22 bits per heavy atom. The lowest BCUT2D eigenvalue weighted by molar-refractivity contribution is 1.41. The van der Waals surface area contributed by atoms with E-state index < -0.39 is 8.80 Å². The molecular weight excluding hydrogens is 124 g/mol. The van der Waals surface area contributed by atoms with Crippen LogP contribution in [0.5, 0.6) is 0 Å². The maximum atomic E-state index is 2.39. The maximum absolute atomic E-state index is 2.39. The third-order valence-electron chi connectivity index (χ3n) is 1.30. The van der Waals surface area contributed by atoms with Crippen molar-refractivity contribution in [3.63, 3.8) is 0 Å². The monoisotopic (exact) mass is 136 g/mol. The van der Waals surface area contributed by atoms with Crippen molar-refractivity contribution < 1.29 is 0 Å². The molecule has 1 aliphatic rings. The molecule has 0 amide bonds. The van der Waals surface area contributed by atoms with E-state index in [9.17, 15) is 0 Å². The fraction of sp³-hybridized carbons (Fsp3) is 0.250. The highest BCUT2D eigenvalue weighted by atomic mass is 28.3. The van der Waals surface area contributed by atoms with Crippen LogP contribution in [0.25, 0.3) is 0 Å². The molecule has 0 aromatic rings. The highest BCUT2D eigenvalue weighted by Crippen LogP contribution is 2.02. The molecular formula is C8H12Si. The molecule has 0 fully saturated rings. The van der Waals surface area contributed by atoms with Gasteiger partial charge in [0.15, 0.2) is 0 Å². The third-order valence-corrected chi connectivity index (χ3v) is 3.69. The molecule has 1 aliphatic heterocycles. The topological polar surface area (TPSA) is 0 Å². The van der Waals surface area contributed by atoms with Gasteiger partial charge in [-0.15, -0.1) is 0 Å². The van der Waals surface area contributed by atoms with Gasteiger partial charge in [0.25, 0.3) is 0 Å². The van der Waals surface area contributed by atoms with E-state index in [0.29, 0.717) is 0 Å². The van der Waals surface area contributed by atoms with Crippen LogP contribution in [0.2, 0.25) is 0 Å². The Morgan fingerprint density at radius 3 is 2.22 bits per heavy atom. The van der Waals surface area contributed by atoms with E-state index in [1.807, 2.05) is 0 Å². The Balaban J connectivity index is 2.56. The van der Waals surface area contributed by atoms with Crippen molar-refractivity contribution in [3.8, 4) is 0 Å². The summed E-state index contributed by atoms with van der Waals surface area (Å²) in [5.74, 6) is 0. The Labute approximate surface area is 58.2 Å². The van der Waals surface area contributed by atoms with Gasteiger partial charge in [-0.3, -0.25) is 0 Å². The minimum atomic E-state index is -0.662. The minimum absolute atomic E-state index is 0.662. The first-order chi connectivity index (χ1) is 4.29. The summed E-state index contributed by atoms with van der Waals surface area (Å²) in [6.07, 6.45) is 4.30. The SMILES string of the molecule is CC(C)=C[SiH]1C=CC=C1. The molecule has 0 aliphatic carbocycles. The van der Waals surface area contributed by atoms with E-state index in [0.717, 1.165) is 0 Å². The highest BCUT2D eigenvalue weighted by Gasteiger charge is 1.99. The summed E-state index contributed by atoms with van der Waals surface area (Å²) in [5, 5.41) is 0. The third kappa shape index (κ3) is 2.02. The Kier molecular flexibility index (Phi) is 2.06. The summed E-state index contributed by atoms with van der Waals surface area (Å²) in [5.41, 5.74) is 8.49. The molecule has 1 rings (SSSR count). The van der Waals surface area contributed by atoms with Crippen molar-refractivity contribution in [3.05, 3.63) is 34.8 Å². The smallest absolute Gasteiger partial charge is 0.0911 e. The molecule has 0 nitrogen and oxygen atoms in total. The quantitative estimate of drug-likeness (QED) is 0.483. The van der Waals surface area contributed by atoms with Gasteiger partial charge in [-0.25, -0.2) is 0 Å². The second kappa shape index (κ2) is 2.83. The standard InChI is InChI=1S/C8H12Si/c1-8(2)7-9-5-3-4-6-9/h3-7,9H,1-2H3.